The van der Waals surface area contributed by atoms with Gasteiger partial charge in [-0.2, -0.15) is 0 Å². The second kappa shape index (κ2) is 9.85. The Balaban J connectivity index is 0. The van der Waals surface area contributed by atoms with E-state index in [0.717, 1.165) is 6.42 Å². The molecule has 0 aromatic heterocycles. The van der Waals surface area contributed by atoms with Crippen LogP contribution in [-0.4, -0.2) is 34.2 Å². The molecule has 3 unspecified atom stereocenters. The van der Waals surface area contributed by atoms with Gasteiger partial charge in [0.2, 0.25) is 0 Å². The molecule has 3 atom stereocenters. The topological polar surface area (TPSA) is 127 Å². The molecule has 6 N–H and O–H groups in total. The Hall–Kier alpha value is -1.14. The first-order chi connectivity index (χ1) is 8.13. The van der Waals surface area contributed by atoms with Gasteiger partial charge in [0.05, 0.1) is 0 Å². The number of nitrogens with two attached hydrogens (primary N) is 2. The van der Waals surface area contributed by atoms with E-state index < -0.39 is 24.0 Å². The van der Waals surface area contributed by atoms with E-state index in [1.165, 1.54) is 0 Å². The van der Waals surface area contributed by atoms with Crippen molar-refractivity contribution in [1.82, 2.24) is 0 Å². The zero-order valence-electron chi connectivity index (χ0n) is 11.6. The molecule has 0 aromatic carbocycles. The Labute approximate surface area is 108 Å². The Morgan fingerprint density at radius 1 is 1.06 bits per heavy atom. The summed E-state index contributed by atoms with van der Waals surface area (Å²) >= 11 is 0. The van der Waals surface area contributed by atoms with Crippen LogP contribution in [0.3, 0.4) is 0 Å². The molecule has 18 heavy (non-hydrogen) atoms. The van der Waals surface area contributed by atoms with E-state index in [0.29, 0.717) is 12.3 Å². The summed E-state index contributed by atoms with van der Waals surface area (Å²) in [5.41, 5.74) is 10.5. The minimum absolute atomic E-state index is 0.0718. The average Bonchev–Trinajstić information content (AvgIpc) is 2.26. The summed E-state index contributed by atoms with van der Waals surface area (Å²) in [6.45, 7) is 7.65. The molecule has 6 nitrogen and oxygen atoms in total. The van der Waals surface area contributed by atoms with Crippen LogP contribution in [0.4, 0.5) is 0 Å². The molecule has 0 aliphatic rings. The fourth-order valence-electron chi connectivity index (χ4n) is 1.11. The summed E-state index contributed by atoms with van der Waals surface area (Å²) in [7, 11) is 0. The van der Waals surface area contributed by atoms with E-state index in [1.807, 2.05) is 27.7 Å². The van der Waals surface area contributed by atoms with Crippen LogP contribution in [0.5, 0.6) is 0 Å². The van der Waals surface area contributed by atoms with Gasteiger partial charge >= 0.3 is 11.9 Å². The molecule has 0 aliphatic carbocycles. The van der Waals surface area contributed by atoms with Crippen molar-refractivity contribution in [2.75, 3.05) is 0 Å². The molecule has 0 aliphatic heterocycles. The zero-order chi connectivity index (χ0) is 14.9. The van der Waals surface area contributed by atoms with Crippen LogP contribution in [0.25, 0.3) is 0 Å². The maximum atomic E-state index is 10.2. The van der Waals surface area contributed by atoms with Gasteiger partial charge < -0.3 is 21.7 Å². The Kier molecular flexibility index (Phi) is 10.5. The molecule has 0 bridgehead atoms. The highest BCUT2D eigenvalue weighted by Crippen LogP contribution is 2.04. The molecule has 0 saturated carbocycles. The van der Waals surface area contributed by atoms with Crippen molar-refractivity contribution >= 4 is 11.9 Å². The molecule has 0 saturated heterocycles. The summed E-state index contributed by atoms with van der Waals surface area (Å²) in [5, 5.41) is 16.7. The van der Waals surface area contributed by atoms with E-state index in [9.17, 15) is 9.59 Å². The quantitative estimate of drug-likeness (QED) is 0.563. The minimum Gasteiger partial charge on any atom is -0.480 e. The first-order valence-corrected chi connectivity index (χ1v) is 6.10. The molecule has 0 spiro atoms. The number of rotatable bonds is 6. The number of carbonyl (C=O) groups is 2. The van der Waals surface area contributed by atoms with Gasteiger partial charge in [0, 0.05) is 0 Å². The normalized spacial score (nSPS) is 15.3. The largest absolute Gasteiger partial charge is 0.480 e. The molecule has 0 rings (SSSR count). The van der Waals surface area contributed by atoms with Gasteiger partial charge in [0.15, 0.2) is 0 Å². The molecular formula is C12H26N2O4. The third-order valence-electron chi connectivity index (χ3n) is 2.58. The number of hydrogen-bond donors (Lipinski definition) is 4. The maximum absolute atomic E-state index is 10.2. The van der Waals surface area contributed by atoms with E-state index in [2.05, 4.69) is 0 Å². The summed E-state index contributed by atoms with van der Waals surface area (Å²) in [5.74, 6) is -1.40. The van der Waals surface area contributed by atoms with Gasteiger partial charge in [-0.1, -0.05) is 34.1 Å². The number of aliphatic carboxylic acids is 2. The lowest BCUT2D eigenvalue weighted by Gasteiger charge is -2.11. The van der Waals surface area contributed by atoms with Crippen LogP contribution in [0.1, 0.15) is 40.5 Å². The second-order valence-corrected chi connectivity index (χ2v) is 4.82. The lowest BCUT2D eigenvalue weighted by molar-refractivity contribution is -0.140. The Morgan fingerprint density at radius 3 is 1.61 bits per heavy atom. The molecular weight excluding hydrogens is 236 g/mol. The second-order valence-electron chi connectivity index (χ2n) is 4.82. The monoisotopic (exact) mass is 262 g/mol. The van der Waals surface area contributed by atoms with E-state index >= 15 is 0 Å². The van der Waals surface area contributed by atoms with Crippen molar-refractivity contribution < 1.29 is 19.8 Å². The summed E-state index contributed by atoms with van der Waals surface area (Å²) in [6.07, 6.45) is 1.36. The lowest BCUT2D eigenvalue weighted by atomic mass is 10.0. The predicted molar refractivity (Wildman–Crippen MR) is 70.1 cm³/mol. The molecule has 0 aromatic rings. The van der Waals surface area contributed by atoms with Gasteiger partial charge in [-0.15, -0.1) is 0 Å². The fraction of sp³-hybridized carbons (Fsp3) is 0.833. The van der Waals surface area contributed by atoms with Crippen LogP contribution >= 0.6 is 0 Å². The van der Waals surface area contributed by atoms with Crippen molar-refractivity contribution in [1.29, 1.82) is 0 Å². The van der Waals surface area contributed by atoms with Crippen LogP contribution < -0.4 is 11.5 Å². The van der Waals surface area contributed by atoms with E-state index in [4.69, 9.17) is 21.7 Å². The summed E-state index contributed by atoms with van der Waals surface area (Å²) < 4.78 is 0. The zero-order valence-corrected chi connectivity index (χ0v) is 11.6. The van der Waals surface area contributed by atoms with Gasteiger partial charge in [-0.05, 0) is 18.3 Å². The average molecular weight is 262 g/mol. The number of carboxylic acids is 2. The molecule has 6 heteroatoms. The van der Waals surface area contributed by atoms with Crippen molar-refractivity contribution in [3.63, 3.8) is 0 Å². The standard InChI is InChI=1S/2C6H13NO2/c1-4(2)3-5(7)6(8)9;1-3-4(2)5(7)6(8)9/h2*4-5H,3,7H2,1-2H3,(H,8,9). The first-order valence-electron chi connectivity index (χ1n) is 6.10. The molecule has 0 fully saturated rings. The highest BCUT2D eigenvalue weighted by molar-refractivity contribution is 5.73. The third-order valence-corrected chi connectivity index (χ3v) is 2.58. The SMILES string of the molecule is CC(C)CC(N)C(=O)O.CCC(C)C(N)C(=O)O. The number of carboxylic acid groups (broad SMARTS) is 2. The van der Waals surface area contributed by atoms with Crippen LogP contribution in [0.15, 0.2) is 0 Å². The van der Waals surface area contributed by atoms with Crippen molar-refractivity contribution in [3.8, 4) is 0 Å². The minimum atomic E-state index is -0.913. The van der Waals surface area contributed by atoms with Crippen molar-refractivity contribution in [2.45, 2.75) is 52.6 Å². The predicted octanol–water partition coefficient (Wildman–Crippen LogP) is 0.889. The molecule has 0 heterocycles. The van der Waals surface area contributed by atoms with E-state index in [1.54, 1.807) is 0 Å². The highest BCUT2D eigenvalue weighted by Gasteiger charge is 2.17. The van der Waals surface area contributed by atoms with Crippen molar-refractivity contribution in [3.05, 3.63) is 0 Å². The Morgan fingerprint density at radius 2 is 1.50 bits per heavy atom. The molecule has 0 radical (unpaired) electrons. The Bertz CT molecular complexity index is 256. The third kappa shape index (κ3) is 10.0. The summed E-state index contributed by atoms with van der Waals surface area (Å²) in [4.78, 5) is 20.3. The summed E-state index contributed by atoms with van der Waals surface area (Å²) in [6, 6.07) is -1.39. The van der Waals surface area contributed by atoms with Gasteiger partial charge in [-0.3, -0.25) is 9.59 Å². The van der Waals surface area contributed by atoms with E-state index in [-0.39, 0.29) is 5.92 Å². The molecule has 108 valence electrons. The van der Waals surface area contributed by atoms with Crippen LogP contribution in [-0.2, 0) is 9.59 Å². The van der Waals surface area contributed by atoms with Crippen LogP contribution in [0.2, 0.25) is 0 Å². The van der Waals surface area contributed by atoms with Crippen molar-refractivity contribution in [2.24, 2.45) is 23.3 Å². The lowest BCUT2D eigenvalue weighted by Crippen LogP contribution is -2.36. The maximum Gasteiger partial charge on any atom is 0.320 e. The van der Waals surface area contributed by atoms with Gasteiger partial charge in [0.25, 0.3) is 0 Å². The highest BCUT2D eigenvalue weighted by atomic mass is 16.4. The van der Waals surface area contributed by atoms with Crippen LogP contribution in [0, 0.1) is 11.8 Å². The first kappa shape index (κ1) is 19.2. The van der Waals surface area contributed by atoms with Gasteiger partial charge in [-0.25, -0.2) is 0 Å². The van der Waals surface area contributed by atoms with Gasteiger partial charge in [0.1, 0.15) is 12.1 Å². The fourth-order valence-corrected chi connectivity index (χ4v) is 1.11. The number of hydrogen-bond acceptors (Lipinski definition) is 4. The smallest absolute Gasteiger partial charge is 0.320 e. The molecule has 0 amide bonds.